The average Bonchev–Trinajstić information content (AvgIpc) is 3.24. The van der Waals surface area contributed by atoms with Crippen LogP contribution in [0.4, 0.5) is 4.39 Å². The Balaban J connectivity index is 1.55. The molecular weight excluding hydrogens is 415 g/mol. The summed E-state index contributed by atoms with van der Waals surface area (Å²) in [5.41, 5.74) is 4.23. The molecule has 7 heteroatoms. The van der Waals surface area contributed by atoms with E-state index in [1.165, 1.54) is 17.1 Å². The Morgan fingerprint density at radius 1 is 0.935 bits per heavy atom. The van der Waals surface area contributed by atoms with Crippen molar-refractivity contribution in [1.82, 2.24) is 15.0 Å². The van der Waals surface area contributed by atoms with E-state index in [2.05, 4.69) is 15.1 Å². The van der Waals surface area contributed by atoms with Crippen molar-refractivity contribution in [3.05, 3.63) is 107 Å². The Morgan fingerprint density at radius 3 is 2.39 bits per heavy atom. The minimum atomic E-state index is -0.318. The SMILES string of the molecule is O=C(c1ccc2nccnc2c1)N1N=C(c2ccc(F)cc2)CC1c1ccc(Cl)cc1. The van der Waals surface area contributed by atoms with E-state index in [0.717, 1.165) is 11.1 Å². The molecule has 5 nitrogen and oxygen atoms in total. The minimum absolute atomic E-state index is 0.246. The van der Waals surface area contributed by atoms with Gasteiger partial charge < -0.3 is 0 Å². The van der Waals surface area contributed by atoms with Gasteiger partial charge in [-0.05, 0) is 53.6 Å². The molecule has 1 atom stereocenters. The van der Waals surface area contributed by atoms with Gasteiger partial charge in [-0.2, -0.15) is 5.10 Å². The fourth-order valence-corrected chi connectivity index (χ4v) is 3.81. The van der Waals surface area contributed by atoms with Crippen molar-refractivity contribution in [1.29, 1.82) is 0 Å². The number of carbonyl (C=O) groups is 1. The van der Waals surface area contributed by atoms with Gasteiger partial charge in [0, 0.05) is 29.4 Å². The van der Waals surface area contributed by atoms with Crippen molar-refractivity contribution in [2.24, 2.45) is 5.10 Å². The van der Waals surface area contributed by atoms with E-state index in [-0.39, 0.29) is 17.8 Å². The molecule has 0 spiro atoms. The van der Waals surface area contributed by atoms with Gasteiger partial charge in [0.25, 0.3) is 5.91 Å². The fourth-order valence-electron chi connectivity index (χ4n) is 3.69. The molecule has 0 fully saturated rings. The highest BCUT2D eigenvalue weighted by atomic mass is 35.5. The summed E-state index contributed by atoms with van der Waals surface area (Å²) in [5, 5.41) is 6.74. The van der Waals surface area contributed by atoms with Gasteiger partial charge in [-0.3, -0.25) is 14.8 Å². The van der Waals surface area contributed by atoms with Crippen LogP contribution in [0.2, 0.25) is 5.02 Å². The molecule has 0 saturated heterocycles. The number of halogens is 2. The maximum absolute atomic E-state index is 13.5. The Morgan fingerprint density at radius 2 is 1.65 bits per heavy atom. The predicted molar refractivity (Wildman–Crippen MR) is 117 cm³/mol. The van der Waals surface area contributed by atoms with Gasteiger partial charge >= 0.3 is 0 Å². The number of nitrogens with zero attached hydrogens (tertiary/aromatic N) is 4. The van der Waals surface area contributed by atoms with E-state index in [4.69, 9.17) is 11.6 Å². The molecule has 5 rings (SSSR count). The number of rotatable bonds is 3. The zero-order chi connectivity index (χ0) is 21.4. The lowest BCUT2D eigenvalue weighted by atomic mass is 9.98. The molecule has 3 aromatic carbocycles. The summed E-state index contributed by atoms with van der Waals surface area (Å²) in [6.07, 6.45) is 3.71. The first-order chi connectivity index (χ1) is 15.1. The van der Waals surface area contributed by atoms with E-state index < -0.39 is 0 Å². The molecule has 0 N–H and O–H groups in total. The van der Waals surface area contributed by atoms with Crippen molar-refractivity contribution in [3.63, 3.8) is 0 Å². The van der Waals surface area contributed by atoms with Gasteiger partial charge in [-0.25, -0.2) is 9.40 Å². The predicted octanol–water partition coefficient (Wildman–Crippen LogP) is 5.41. The molecule has 4 aromatic rings. The number of carbonyl (C=O) groups excluding carboxylic acids is 1. The first-order valence-electron chi connectivity index (χ1n) is 9.72. The smallest absolute Gasteiger partial charge is 0.267 e. The Hall–Kier alpha value is -3.64. The monoisotopic (exact) mass is 430 g/mol. The van der Waals surface area contributed by atoms with Crippen LogP contribution in [0.15, 0.2) is 84.2 Å². The maximum Gasteiger partial charge on any atom is 0.274 e. The average molecular weight is 431 g/mol. The summed E-state index contributed by atoms with van der Waals surface area (Å²) in [6.45, 7) is 0. The molecule has 1 aliphatic rings. The molecule has 0 saturated carbocycles. The molecule has 31 heavy (non-hydrogen) atoms. The summed E-state index contributed by atoms with van der Waals surface area (Å²) < 4.78 is 13.4. The molecule has 0 bridgehead atoms. The largest absolute Gasteiger partial charge is 0.274 e. The van der Waals surface area contributed by atoms with Crippen molar-refractivity contribution < 1.29 is 9.18 Å². The molecular formula is C24H16ClFN4O. The van der Waals surface area contributed by atoms with E-state index in [1.807, 2.05) is 12.1 Å². The molecule has 152 valence electrons. The van der Waals surface area contributed by atoms with Crippen LogP contribution in [0.3, 0.4) is 0 Å². The summed E-state index contributed by atoms with van der Waals surface area (Å²) >= 11 is 6.05. The highest BCUT2D eigenvalue weighted by Crippen LogP contribution is 2.34. The van der Waals surface area contributed by atoms with Crippen molar-refractivity contribution >= 4 is 34.3 Å². The van der Waals surface area contributed by atoms with Crippen molar-refractivity contribution in [2.45, 2.75) is 12.5 Å². The molecule has 1 aliphatic heterocycles. The molecule has 0 radical (unpaired) electrons. The van der Waals surface area contributed by atoms with Gasteiger partial charge in [0.1, 0.15) is 5.82 Å². The summed E-state index contributed by atoms with van der Waals surface area (Å²) in [6, 6.07) is 18.4. The third-order valence-corrected chi connectivity index (χ3v) is 5.52. The molecule has 0 aliphatic carbocycles. The Labute approximate surface area is 182 Å². The quantitative estimate of drug-likeness (QED) is 0.436. The molecule has 1 amide bonds. The van der Waals surface area contributed by atoms with Gasteiger partial charge in [-0.1, -0.05) is 35.9 Å². The number of amides is 1. The van der Waals surface area contributed by atoms with Crippen LogP contribution in [0, 0.1) is 5.82 Å². The van der Waals surface area contributed by atoms with Crippen LogP contribution >= 0.6 is 11.6 Å². The number of benzene rings is 3. The van der Waals surface area contributed by atoms with Gasteiger partial charge in [0.15, 0.2) is 0 Å². The number of hydrogen-bond donors (Lipinski definition) is 0. The van der Waals surface area contributed by atoms with E-state index in [9.17, 15) is 9.18 Å². The molecule has 2 heterocycles. The van der Waals surface area contributed by atoms with E-state index >= 15 is 0 Å². The second kappa shape index (κ2) is 7.89. The summed E-state index contributed by atoms with van der Waals surface area (Å²) in [7, 11) is 0. The van der Waals surface area contributed by atoms with Crippen molar-refractivity contribution in [2.75, 3.05) is 0 Å². The Bertz CT molecular complexity index is 1310. The normalized spacial score (nSPS) is 15.9. The van der Waals surface area contributed by atoms with E-state index in [0.29, 0.717) is 33.8 Å². The van der Waals surface area contributed by atoms with Crippen LogP contribution in [-0.2, 0) is 0 Å². The zero-order valence-electron chi connectivity index (χ0n) is 16.2. The fraction of sp³-hybridized carbons (Fsp3) is 0.0833. The molecule has 1 unspecified atom stereocenters. The maximum atomic E-state index is 13.5. The standard InChI is InChI=1S/C24H16ClFN4O/c25-18-6-1-16(2-7-18)23-14-21(15-3-8-19(26)9-4-15)29-30(23)24(31)17-5-10-20-22(13-17)28-12-11-27-20/h1-13,23H,14H2. The number of fused-ring (bicyclic) bond motifs is 1. The van der Waals surface area contributed by atoms with Crippen LogP contribution in [0.25, 0.3) is 11.0 Å². The highest BCUT2D eigenvalue weighted by Gasteiger charge is 2.33. The summed E-state index contributed by atoms with van der Waals surface area (Å²) in [5.74, 6) is -0.564. The van der Waals surface area contributed by atoms with Gasteiger partial charge in [-0.15, -0.1) is 0 Å². The van der Waals surface area contributed by atoms with E-state index in [1.54, 1.807) is 54.9 Å². The summed E-state index contributed by atoms with van der Waals surface area (Å²) in [4.78, 5) is 22.0. The lowest BCUT2D eigenvalue weighted by Gasteiger charge is -2.22. The first-order valence-corrected chi connectivity index (χ1v) is 10.1. The third-order valence-electron chi connectivity index (χ3n) is 5.27. The van der Waals surface area contributed by atoms with Crippen LogP contribution in [0.1, 0.15) is 33.9 Å². The minimum Gasteiger partial charge on any atom is -0.267 e. The van der Waals surface area contributed by atoms with Gasteiger partial charge in [0.05, 0.1) is 22.8 Å². The highest BCUT2D eigenvalue weighted by molar-refractivity contribution is 6.30. The zero-order valence-corrected chi connectivity index (χ0v) is 17.0. The first kappa shape index (κ1) is 19.3. The topological polar surface area (TPSA) is 58.5 Å². The van der Waals surface area contributed by atoms with Crippen LogP contribution < -0.4 is 0 Å². The lowest BCUT2D eigenvalue weighted by Crippen LogP contribution is -2.27. The van der Waals surface area contributed by atoms with Crippen LogP contribution in [-0.4, -0.2) is 26.6 Å². The number of hydrogen-bond acceptors (Lipinski definition) is 4. The second-order valence-electron chi connectivity index (χ2n) is 7.23. The lowest BCUT2D eigenvalue weighted by molar-refractivity contribution is 0.0711. The third kappa shape index (κ3) is 3.78. The second-order valence-corrected chi connectivity index (χ2v) is 7.67. The van der Waals surface area contributed by atoms with Gasteiger partial charge in [0.2, 0.25) is 0 Å². The molecule has 1 aromatic heterocycles. The van der Waals surface area contributed by atoms with Crippen LogP contribution in [0.5, 0.6) is 0 Å². The number of aromatic nitrogens is 2. The number of hydrazone groups is 1. The Kier molecular flexibility index (Phi) is 4.92. The van der Waals surface area contributed by atoms with Crippen molar-refractivity contribution in [3.8, 4) is 0 Å².